The molecule has 18 heavy (non-hydrogen) atoms. The predicted molar refractivity (Wildman–Crippen MR) is 64.0 cm³/mol. The van der Waals surface area contributed by atoms with Gasteiger partial charge in [0.25, 0.3) is 0 Å². The van der Waals surface area contributed by atoms with Gasteiger partial charge in [0.2, 0.25) is 0 Å². The molecule has 2 rings (SSSR count). The predicted octanol–water partition coefficient (Wildman–Crippen LogP) is 1.24. The Morgan fingerprint density at radius 1 is 1.50 bits per heavy atom. The van der Waals surface area contributed by atoms with Crippen LogP contribution in [0.4, 0.5) is 0 Å². The van der Waals surface area contributed by atoms with E-state index < -0.39 is 5.97 Å². The number of hydrogen-bond acceptors (Lipinski definition) is 4. The lowest BCUT2D eigenvalue weighted by atomic mass is 10.00. The van der Waals surface area contributed by atoms with Crippen molar-refractivity contribution in [2.45, 2.75) is 52.4 Å². The summed E-state index contributed by atoms with van der Waals surface area (Å²) in [5.41, 5.74) is -0.243. The minimum atomic E-state index is -0.753. The summed E-state index contributed by atoms with van der Waals surface area (Å²) in [6, 6.07) is 0. The zero-order chi connectivity index (χ0) is 13.3. The number of carboxylic acid groups (broad SMARTS) is 1. The van der Waals surface area contributed by atoms with Crippen LogP contribution in [0.1, 0.15) is 38.8 Å². The fourth-order valence-corrected chi connectivity index (χ4v) is 1.97. The summed E-state index contributed by atoms with van der Waals surface area (Å²) in [5.74, 6) is 0.477. The maximum Gasteiger partial charge on any atom is 0.308 e. The largest absolute Gasteiger partial charge is 0.481 e. The van der Waals surface area contributed by atoms with Gasteiger partial charge in [-0.15, -0.1) is 10.2 Å². The summed E-state index contributed by atoms with van der Waals surface area (Å²) in [7, 11) is 0. The van der Waals surface area contributed by atoms with Gasteiger partial charge in [-0.3, -0.25) is 4.79 Å². The highest BCUT2D eigenvalue weighted by Gasteiger charge is 2.27. The molecule has 0 spiro atoms. The summed E-state index contributed by atoms with van der Waals surface area (Å²) in [6.45, 7) is 6.73. The third kappa shape index (κ3) is 2.87. The molecule has 2 heterocycles. The van der Waals surface area contributed by atoms with E-state index in [4.69, 9.17) is 9.84 Å². The van der Waals surface area contributed by atoms with Crippen molar-refractivity contribution in [3.8, 4) is 0 Å². The second-order valence-corrected chi connectivity index (χ2v) is 5.62. The van der Waals surface area contributed by atoms with E-state index in [-0.39, 0.29) is 11.5 Å². The second kappa shape index (κ2) is 4.68. The molecule has 0 aliphatic carbocycles. The molecule has 1 aromatic heterocycles. The quantitative estimate of drug-likeness (QED) is 0.877. The monoisotopic (exact) mass is 253 g/mol. The van der Waals surface area contributed by atoms with Crippen molar-refractivity contribution in [3.63, 3.8) is 0 Å². The summed E-state index contributed by atoms with van der Waals surface area (Å²) in [5, 5.41) is 17.2. The molecular weight excluding hydrogens is 234 g/mol. The van der Waals surface area contributed by atoms with Crippen molar-refractivity contribution in [3.05, 3.63) is 11.6 Å². The van der Waals surface area contributed by atoms with Crippen LogP contribution in [-0.2, 0) is 29.1 Å². The minimum absolute atomic E-state index is 0.243. The number of carbonyl (C=O) groups is 1. The Hall–Kier alpha value is -1.43. The molecule has 1 aromatic rings. The normalized spacial score (nSPS) is 19.6. The van der Waals surface area contributed by atoms with Gasteiger partial charge in [-0.05, 0) is 27.2 Å². The molecular formula is C12H19N3O3. The molecule has 1 atom stereocenters. The first-order chi connectivity index (χ1) is 8.37. The topological polar surface area (TPSA) is 77.2 Å². The van der Waals surface area contributed by atoms with Crippen LogP contribution >= 0.6 is 0 Å². The van der Waals surface area contributed by atoms with Crippen molar-refractivity contribution >= 4 is 5.97 Å². The van der Waals surface area contributed by atoms with Crippen molar-refractivity contribution in [1.82, 2.24) is 14.8 Å². The summed E-state index contributed by atoms with van der Waals surface area (Å²) in [6.07, 6.45) is 1.30. The van der Waals surface area contributed by atoms with Crippen LogP contribution in [0.15, 0.2) is 0 Å². The number of aliphatic carboxylic acids is 1. The molecule has 0 fully saturated rings. The average molecular weight is 253 g/mol. The van der Waals surface area contributed by atoms with E-state index in [1.54, 1.807) is 0 Å². The number of hydrogen-bond donors (Lipinski definition) is 1. The van der Waals surface area contributed by atoms with Crippen LogP contribution in [0, 0.1) is 5.92 Å². The summed E-state index contributed by atoms with van der Waals surface area (Å²) in [4.78, 5) is 11.0. The third-order valence-electron chi connectivity index (χ3n) is 3.01. The number of aryl methyl sites for hydroxylation is 1. The van der Waals surface area contributed by atoms with Crippen molar-refractivity contribution < 1.29 is 14.6 Å². The molecule has 1 unspecified atom stereocenters. The Bertz CT molecular complexity index is 448. The molecule has 100 valence electrons. The van der Waals surface area contributed by atoms with Gasteiger partial charge in [-0.1, -0.05) is 0 Å². The number of aromatic nitrogens is 3. The SMILES string of the molecule is CC(C)(C)OCc1nnc2n1CC(C(=O)O)CC2. The van der Waals surface area contributed by atoms with Gasteiger partial charge in [0.15, 0.2) is 5.82 Å². The maximum atomic E-state index is 11.0. The molecule has 1 aliphatic rings. The highest BCUT2D eigenvalue weighted by molar-refractivity contribution is 5.70. The Balaban J connectivity index is 2.11. The molecule has 0 aromatic carbocycles. The molecule has 0 saturated heterocycles. The van der Waals surface area contributed by atoms with Crippen LogP contribution < -0.4 is 0 Å². The Morgan fingerprint density at radius 2 is 2.22 bits per heavy atom. The number of carboxylic acids is 1. The smallest absolute Gasteiger partial charge is 0.308 e. The first-order valence-corrected chi connectivity index (χ1v) is 6.14. The molecule has 1 N–H and O–H groups in total. The van der Waals surface area contributed by atoms with Gasteiger partial charge in [0, 0.05) is 13.0 Å². The highest BCUT2D eigenvalue weighted by atomic mass is 16.5. The Morgan fingerprint density at radius 3 is 2.83 bits per heavy atom. The van der Waals surface area contributed by atoms with E-state index in [1.165, 1.54) is 0 Å². The van der Waals surface area contributed by atoms with Crippen LogP contribution in [-0.4, -0.2) is 31.4 Å². The second-order valence-electron chi connectivity index (χ2n) is 5.62. The Labute approximate surface area is 106 Å². The van der Waals surface area contributed by atoms with Crippen LogP contribution in [0.5, 0.6) is 0 Å². The first-order valence-electron chi connectivity index (χ1n) is 6.14. The number of ether oxygens (including phenoxy) is 1. The molecule has 1 aliphatic heterocycles. The minimum Gasteiger partial charge on any atom is -0.481 e. The van der Waals surface area contributed by atoms with Crippen LogP contribution in [0.25, 0.3) is 0 Å². The molecule has 6 nitrogen and oxygen atoms in total. The van der Waals surface area contributed by atoms with Crippen LogP contribution in [0.2, 0.25) is 0 Å². The van der Waals surface area contributed by atoms with Gasteiger partial charge >= 0.3 is 5.97 Å². The molecule has 6 heteroatoms. The van der Waals surface area contributed by atoms with Crippen molar-refractivity contribution in [2.75, 3.05) is 0 Å². The Kier molecular flexibility index (Phi) is 3.38. The van der Waals surface area contributed by atoms with E-state index in [1.807, 2.05) is 25.3 Å². The van der Waals surface area contributed by atoms with E-state index in [2.05, 4.69) is 10.2 Å². The van der Waals surface area contributed by atoms with Gasteiger partial charge < -0.3 is 14.4 Å². The van der Waals surface area contributed by atoms with Gasteiger partial charge in [-0.2, -0.15) is 0 Å². The average Bonchev–Trinajstić information content (AvgIpc) is 2.67. The van der Waals surface area contributed by atoms with Gasteiger partial charge in [0.05, 0.1) is 11.5 Å². The fraction of sp³-hybridized carbons (Fsp3) is 0.750. The number of nitrogens with zero attached hydrogens (tertiary/aromatic N) is 3. The zero-order valence-corrected chi connectivity index (χ0v) is 11.0. The molecule has 0 radical (unpaired) electrons. The zero-order valence-electron chi connectivity index (χ0n) is 11.0. The maximum absolute atomic E-state index is 11.0. The van der Waals surface area contributed by atoms with E-state index >= 15 is 0 Å². The summed E-state index contributed by atoms with van der Waals surface area (Å²) >= 11 is 0. The van der Waals surface area contributed by atoms with E-state index in [9.17, 15) is 4.79 Å². The molecule has 0 bridgehead atoms. The van der Waals surface area contributed by atoms with Gasteiger partial charge in [-0.25, -0.2) is 0 Å². The van der Waals surface area contributed by atoms with Crippen LogP contribution in [0.3, 0.4) is 0 Å². The lowest BCUT2D eigenvalue weighted by Gasteiger charge is -2.23. The lowest BCUT2D eigenvalue weighted by molar-refractivity contribution is -0.142. The van der Waals surface area contributed by atoms with Gasteiger partial charge in [0.1, 0.15) is 12.4 Å². The van der Waals surface area contributed by atoms with E-state index in [0.717, 1.165) is 5.82 Å². The third-order valence-corrected chi connectivity index (χ3v) is 3.01. The highest BCUT2D eigenvalue weighted by Crippen LogP contribution is 2.21. The molecule has 0 saturated carbocycles. The van der Waals surface area contributed by atoms with Crippen molar-refractivity contribution in [1.29, 1.82) is 0 Å². The first kappa shape index (κ1) is 13.0. The lowest BCUT2D eigenvalue weighted by Crippen LogP contribution is -2.28. The van der Waals surface area contributed by atoms with E-state index in [0.29, 0.717) is 31.8 Å². The standard InChI is InChI=1S/C12H19N3O3/c1-12(2,3)18-7-10-14-13-9-5-4-8(11(16)17)6-15(9)10/h8H,4-7H2,1-3H3,(H,16,17). The summed E-state index contributed by atoms with van der Waals surface area (Å²) < 4.78 is 7.55. The number of fused-ring (bicyclic) bond motifs is 1. The van der Waals surface area contributed by atoms with Crippen molar-refractivity contribution in [2.24, 2.45) is 5.92 Å². The fourth-order valence-electron chi connectivity index (χ4n) is 1.97. The molecule has 0 amide bonds. The number of rotatable bonds is 3.